The largest absolute Gasteiger partial charge is 0.465 e. The molecule has 110 valence electrons. The maximum atomic E-state index is 12.4. The van der Waals surface area contributed by atoms with Crippen LogP contribution in [-0.2, 0) is 4.74 Å². The number of carbonyl (C=O) groups excluding carboxylic acids is 2. The molecule has 1 aromatic heterocycles. The molecule has 0 bridgehead atoms. The highest BCUT2D eigenvalue weighted by Crippen LogP contribution is 2.29. The fourth-order valence-corrected chi connectivity index (χ4v) is 3.37. The van der Waals surface area contributed by atoms with Crippen molar-refractivity contribution in [2.24, 2.45) is 0 Å². The standard InChI is InChI=1S/C15H14INO3S/c1-8-5-4-6-10(11(8)16)14(18)17-12-9(2)7-21-13(12)15(19)20-3/h4-7H,1-3H3,(H,17,18). The van der Waals surface area contributed by atoms with E-state index in [1.54, 1.807) is 6.07 Å². The summed E-state index contributed by atoms with van der Waals surface area (Å²) in [6.07, 6.45) is 0. The first-order chi connectivity index (χ1) is 9.95. The Bertz CT molecular complexity index is 709. The summed E-state index contributed by atoms with van der Waals surface area (Å²) in [5.74, 6) is -0.669. The van der Waals surface area contributed by atoms with E-state index in [2.05, 4.69) is 27.9 Å². The average Bonchev–Trinajstić information content (AvgIpc) is 2.82. The number of halogens is 1. The summed E-state index contributed by atoms with van der Waals surface area (Å²) in [5, 5.41) is 4.65. The first-order valence-electron chi connectivity index (χ1n) is 6.18. The summed E-state index contributed by atoms with van der Waals surface area (Å²) in [6, 6.07) is 5.56. The van der Waals surface area contributed by atoms with E-state index in [1.807, 2.05) is 31.4 Å². The van der Waals surface area contributed by atoms with E-state index in [4.69, 9.17) is 4.74 Å². The highest BCUT2D eigenvalue weighted by atomic mass is 127. The van der Waals surface area contributed by atoms with Crippen molar-refractivity contribution in [2.75, 3.05) is 12.4 Å². The molecule has 2 aromatic rings. The van der Waals surface area contributed by atoms with Crippen LogP contribution in [0.5, 0.6) is 0 Å². The molecular weight excluding hydrogens is 401 g/mol. The van der Waals surface area contributed by atoms with Crippen LogP contribution in [0, 0.1) is 17.4 Å². The van der Waals surface area contributed by atoms with Crippen molar-refractivity contribution in [3.8, 4) is 0 Å². The highest BCUT2D eigenvalue weighted by molar-refractivity contribution is 14.1. The average molecular weight is 415 g/mol. The second-order valence-electron chi connectivity index (χ2n) is 4.50. The van der Waals surface area contributed by atoms with E-state index in [9.17, 15) is 9.59 Å². The van der Waals surface area contributed by atoms with Gasteiger partial charge < -0.3 is 10.1 Å². The molecule has 0 saturated heterocycles. The number of ether oxygens (including phenoxy) is 1. The third-order valence-electron chi connectivity index (χ3n) is 3.02. The normalized spacial score (nSPS) is 10.3. The minimum Gasteiger partial charge on any atom is -0.465 e. The van der Waals surface area contributed by atoms with Gasteiger partial charge >= 0.3 is 5.97 Å². The number of carbonyl (C=O) groups is 2. The van der Waals surface area contributed by atoms with Gasteiger partial charge in [-0.3, -0.25) is 4.79 Å². The van der Waals surface area contributed by atoms with Gasteiger partial charge in [0.05, 0.1) is 18.4 Å². The molecule has 1 aromatic carbocycles. The molecule has 0 aliphatic heterocycles. The van der Waals surface area contributed by atoms with Gasteiger partial charge in [0.25, 0.3) is 5.91 Å². The summed E-state index contributed by atoms with van der Waals surface area (Å²) in [4.78, 5) is 24.6. The van der Waals surface area contributed by atoms with Crippen molar-refractivity contribution in [1.82, 2.24) is 0 Å². The Morgan fingerprint density at radius 3 is 2.62 bits per heavy atom. The van der Waals surface area contributed by atoms with E-state index in [0.717, 1.165) is 14.7 Å². The van der Waals surface area contributed by atoms with Crippen LogP contribution in [0.4, 0.5) is 5.69 Å². The Morgan fingerprint density at radius 2 is 1.95 bits per heavy atom. The van der Waals surface area contributed by atoms with Crippen LogP contribution in [0.2, 0.25) is 0 Å². The van der Waals surface area contributed by atoms with Crippen LogP contribution in [0.1, 0.15) is 31.2 Å². The summed E-state index contributed by atoms with van der Waals surface area (Å²) < 4.78 is 5.64. The van der Waals surface area contributed by atoms with Gasteiger partial charge in [0.1, 0.15) is 4.88 Å². The number of aryl methyl sites for hydroxylation is 2. The second kappa shape index (κ2) is 6.57. The lowest BCUT2D eigenvalue weighted by Gasteiger charge is -2.10. The third-order valence-corrected chi connectivity index (χ3v) is 5.53. The molecule has 0 aliphatic rings. The van der Waals surface area contributed by atoms with Gasteiger partial charge in [-0.05, 0) is 59.0 Å². The van der Waals surface area contributed by atoms with Gasteiger partial charge in [-0.2, -0.15) is 0 Å². The Hall–Kier alpha value is -1.41. The lowest BCUT2D eigenvalue weighted by atomic mass is 10.1. The first kappa shape index (κ1) is 16.0. The topological polar surface area (TPSA) is 55.4 Å². The van der Waals surface area contributed by atoms with Crippen LogP contribution < -0.4 is 5.32 Å². The summed E-state index contributed by atoms with van der Waals surface area (Å²) in [5.41, 5.74) is 3.00. The van der Waals surface area contributed by atoms with E-state index < -0.39 is 5.97 Å². The van der Waals surface area contributed by atoms with Gasteiger partial charge in [-0.25, -0.2) is 4.79 Å². The molecule has 0 unspecified atom stereocenters. The Balaban J connectivity index is 2.34. The molecule has 0 atom stereocenters. The van der Waals surface area contributed by atoms with Gasteiger partial charge in [0, 0.05) is 3.57 Å². The van der Waals surface area contributed by atoms with Crippen molar-refractivity contribution in [1.29, 1.82) is 0 Å². The molecule has 1 heterocycles. The summed E-state index contributed by atoms with van der Waals surface area (Å²) >= 11 is 3.41. The number of amides is 1. The van der Waals surface area contributed by atoms with Crippen molar-refractivity contribution in [2.45, 2.75) is 13.8 Å². The van der Waals surface area contributed by atoms with Gasteiger partial charge in [0.15, 0.2) is 0 Å². The summed E-state index contributed by atoms with van der Waals surface area (Å²) in [6.45, 7) is 3.80. The molecule has 6 heteroatoms. The highest BCUT2D eigenvalue weighted by Gasteiger charge is 2.20. The Labute approximate surface area is 140 Å². The number of benzene rings is 1. The molecule has 4 nitrogen and oxygen atoms in total. The molecule has 0 radical (unpaired) electrons. The van der Waals surface area contributed by atoms with Crippen LogP contribution >= 0.6 is 33.9 Å². The lowest BCUT2D eigenvalue weighted by Crippen LogP contribution is -2.16. The molecule has 21 heavy (non-hydrogen) atoms. The number of thiophene rings is 1. The zero-order valence-electron chi connectivity index (χ0n) is 11.8. The predicted octanol–water partition coefficient (Wildman–Crippen LogP) is 4.01. The molecule has 0 spiro atoms. The maximum absolute atomic E-state index is 12.4. The van der Waals surface area contributed by atoms with Crippen molar-refractivity contribution in [3.05, 3.63) is 48.7 Å². The fraction of sp³-hybridized carbons (Fsp3) is 0.200. The molecule has 2 rings (SSSR count). The molecule has 1 amide bonds. The Morgan fingerprint density at radius 1 is 1.24 bits per heavy atom. The monoisotopic (exact) mass is 415 g/mol. The van der Waals surface area contributed by atoms with Crippen molar-refractivity contribution in [3.63, 3.8) is 0 Å². The number of rotatable bonds is 3. The van der Waals surface area contributed by atoms with E-state index in [1.165, 1.54) is 18.4 Å². The van der Waals surface area contributed by atoms with Gasteiger partial charge in [-0.15, -0.1) is 11.3 Å². The van der Waals surface area contributed by atoms with E-state index >= 15 is 0 Å². The zero-order chi connectivity index (χ0) is 15.6. The maximum Gasteiger partial charge on any atom is 0.350 e. The van der Waals surface area contributed by atoms with Crippen LogP contribution in [0.3, 0.4) is 0 Å². The van der Waals surface area contributed by atoms with E-state index in [-0.39, 0.29) is 5.91 Å². The quantitative estimate of drug-likeness (QED) is 0.609. The number of hydrogen-bond donors (Lipinski definition) is 1. The van der Waals surface area contributed by atoms with Crippen molar-refractivity contribution >= 4 is 51.5 Å². The second-order valence-corrected chi connectivity index (χ2v) is 6.46. The molecule has 1 N–H and O–H groups in total. The Kier molecular flexibility index (Phi) is 5.00. The van der Waals surface area contributed by atoms with Crippen molar-refractivity contribution < 1.29 is 14.3 Å². The zero-order valence-corrected chi connectivity index (χ0v) is 14.8. The minimum absolute atomic E-state index is 0.227. The van der Waals surface area contributed by atoms with Crippen LogP contribution in [0.15, 0.2) is 23.6 Å². The summed E-state index contributed by atoms with van der Waals surface area (Å²) in [7, 11) is 1.33. The van der Waals surface area contributed by atoms with Gasteiger partial charge in [-0.1, -0.05) is 12.1 Å². The molecule has 0 saturated carbocycles. The van der Waals surface area contributed by atoms with E-state index in [0.29, 0.717) is 16.1 Å². The van der Waals surface area contributed by atoms with Crippen LogP contribution in [0.25, 0.3) is 0 Å². The number of hydrogen-bond acceptors (Lipinski definition) is 4. The minimum atomic E-state index is -0.442. The lowest BCUT2D eigenvalue weighted by molar-refractivity contribution is 0.0607. The first-order valence-corrected chi connectivity index (χ1v) is 8.14. The smallest absolute Gasteiger partial charge is 0.350 e. The number of esters is 1. The predicted molar refractivity (Wildman–Crippen MR) is 92.2 cm³/mol. The van der Waals surface area contributed by atoms with Crippen LogP contribution in [-0.4, -0.2) is 19.0 Å². The number of anilines is 1. The SMILES string of the molecule is COC(=O)c1scc(C)c1NC(=O)c1cccc(C)c1I. The number of methoxy groups -OCH3 is 1. The van der Waals surface area contributed by atoms with Gasteiger partial charge in [0.2, 0.25) is 0 Å². The third kappa shape index (κ3) is 3.26. The number of nitrogens with one attached hydrogen (secondary N) is 1. The molecular formula is C15H14INO3S. The molecule has 0 aliphatic carbocycles. The fourth-order valence-electron chi connectivity index (χ4n) is 1.85. The molecule has 0 fully saturated rings.